The van der Waals surface area contributed by atoms with E-state index in [4.69, 9.17) is 5.73 Å². The van der Waals surface area contributed by atoms with Gasteiger partial charge in [0.1, 0.15) is 0 Å². The van der Waals surface area contributed by atoms with Crippen molar-refractivity contribution in [3.8, 4) is 0 Å². The van der Waals surface area contributed by atoms with E-state index < -0.39 is 6.04 Å². The Morgan fingerprint density at radius 2 is 2.00 bits per heavy atom. The van der Waals surface area contributed by atoms with Crippen molar-refractivity contribution in [3.05, 3.63) is 29.8 Å². The summed E-state index contributed by atoms with van der Waals surface area (Å²) in [5, 5.41) is 3.05. The van der Waals surface area contributed by atoms with E-state index in [0.717, 1.165) is 25.1 Å². The van der Waals surface area contributed by atoms with Crippen LogP contribution in [0, 0.1) is 5.92 Å². The van der Waals surface area contributed by atoms with Gasteiger partial charge in [-0.2, -0.15) is 0 Å². The van der Waals surface area contributed by atoms with Crippen LogP contribution < -0.4 is 16.0 Å². The molecule has 0 spiro atoms. The molecule has 3 N–H and O–H groups in total. The first-order chi connectivity index (χ1) is 10.5. The zero-order valence-electron chi connectivity index (χ0n) is 14.0. The van der Waals surface area contributed by atoms with Gasteiger partial charge < -0.3 is 16.0 Å². The third-order valence-electron chi connectivity index (χ3n) is 4.76. The van der Waals surface area contributed by atoms with Crippen molar-refractivity contribution < 1.29 is 4.79 Å². The summed E-state index contributed by atoms with van der Waals surface area (Å²) in [6, 6.07) is 8.01. The summed E-state index contributed by atoms with van der Waals surface area (Å²) in [5.41, 5.74) is 8.39. The van der Waals surface area contributed by atoms with Crippen molar-refractivity contribution in [1.29, 1.82) is 0 Å². The van der Waals surface area contributed by atoms with E-state index >= 15 is 0 Å². The molecule has 1 fully saturated rings. The number of carbonyl (C=O) groups is 1. The minimum absolute atomic E-state index is 0.0230. The highest BCUT2D eigenvalue weighted by molar-refractivity contribution is 5.82. The van der Waals surface area contributed by atoms with Crippen LogP contribution in [0.25, 0.3) is 0 Å². The first kappa shape index (κ1) is 16.8. The molecule has 1 aliphatic rings. The maximum absolute atomic E-state index is 12.2. The zero-order chi connectivity index (χ0) is 16.1. The number of nitrogens with two attached hydrogens (primary N) is 1. The summed E-state index contributed by atoms with van der Waals surface area (Å²) >= 11 is 0. The summed E-state index contributed by atoms with van der Waals surface area (Å²) in [6.07, 6.45) is 3.44. The van der Waals surface area contributed by atoms with Gasteiger partial charge in [-0.05, 0) is 43.4 Å². The number of hydrogen-bond donors (Lipinski definition) is 2. The number of benzene rings is 1. The first-order valence-corrected chi connectivity index (χ1v) is 8.43. The summed E-state index contributed by atoms with van der Waals surface area (Å²) in [4.78, 5) is 14.6. The minimum atomic E-state index is -0.436. The van der Waals surface area contributed by atoms with Crippen LogP contribution in [0.15, 0.2) is 24.3 Å². The van der Waals surface area contributed by atoms with Crippen LogP contribution in [0.2, 0.25) is 0 Å². The summed E-state index contributed by atoms with van der Waals surface area (Å²) in [6.45, 7) is 8.35. The molecule has 3 atom stereocenters. The topological polar surface area (TPSA) is 58.4 Å². The lowest BCUT2D eigenvalue weighted by Crippen LogP contribution is -2.45. The molecule has 122 valence electrons. The van der Waals surface area contributed by atoms with E-state index in [1.807, 2.05) is 13.8 Å². The lowest BCUT2D eigenvalue weighted by atomic mass is 9.98. The SMILES string of the molecule is CCC(C)C(N)C(=O)NC(C)c1cccc(N2CCCC2)c1. The van der Waals surface area contributed by atoms with Crippen molar-refractivity contribution in [2.75, 3.05) is 18.0 Å². The second-order valence-electron chi connectivity index (χ2n) is 6.43. The van der Waals surface area contributed by atoms with E-state index in [0.29, 0.717) is 0 Å². The minimum Gasteiger partial charge on any atom is -0.372 e. The molecule has 4 nitrogen and oxygen atoms in total. The van der Waals surface area contributed by atoms with Crippen LogP contribution >= 0.6 is 0 Å². The Kier molecular flexibility index (Phi) is 5.83. The van der Waals surface area contributed by atoms with Gasteiger partial charge in [0.05, 0.1) is 12.1 Å². The van der Waals surface area contributed by atoms with Crippen molar-refractivity contribution in [2.24, 2.45) is 11.7 Å². The molecule has 3 unspecified atom stereocenters. The predicted molar refractivity (Wildman–Crippen MR) is 91.9 cm³/mol. The van der Waals surface area contributed by atoms with Gasteiger partial charge in [-0.1, -0.05) is 32.4 Å². The van der Waals surface area contributed by atoms with Gasteiger partial charge in [0.25, 0.3) is 0 Å². The zero-order valence-corrected chi connectivity index (χ0v) is 14.0. The summed E-state index contributed by atoms with van der Waals surface area (Å²) in [7, 11) is 0. The lowest BCUT2D eigenvalue weighted by Gasteiger charge is -2.23. The molecular formula is C18H29N3O. The van der Waals surface area contributed by atoms with E-state index in [1.165, 1.54) is 18.5 Å². The highest BCUT2D eigenvalue weighted by atomic mass is 16.2. The number of amides is 1. The molecule has 1 aromatic carbocycles. The largest absolute Gasteiger partial charge is 0.372 e. The van der Waals surface area contributed by atoms with Gasteiger partial charge in [-0.3, -0.25) is 4.79 Å². The molecule has 1 amide bonds. The molecular weight excluding hydrogens is 274 g/mol. The molecule has 1 heterocycles. The number of nitrogens with zero attached hydrogens (tertiary/aromatic N) is 1. The van der Waals surface area contributed by atoms with Crippen LogP contribution in [0.3, 0.4) is 0 Å². The monoisotopic (exact) mass is 303 g/mol. The molecule has 22 heavy (non-hydrogen) atoms. The van der Waals surface area contributed by atoms with E-state index in [1.54, 1.807) is 0 Å². The third-order valence-corrected chi connectivity index (χ3v) is 4.76. The fourth-order valence-electron chi connectivity index (χ4n) is 2.87. The molecule has 0 bridgehead atoms. The first-order valence-electron chi connectivity index (χ1n) is 8.43. The molecule has 0 aromatic heterocycles. The third kappa shape index (κ3) is 4.01. The average molecular weight is 303 g/mol. The van der Waals surface area contributed by atoms with Crippen LogP contribution in [-0.2, 0) is 4.79 Å². The van der Waals surface area contributed by atoms with Crippen LogP contribution in [0.5, 0.6) is 0 Å². The van der Waals surface area contributed by atoms with Gasteiger partial charge >= 0.3 is 0 Å². The Bertz CT molecular complexity index is 497. The molecule has 0 saturated carbocycles. The van der Waals surface area contributed by atoms with Crippen molar-refractivity contribution in [2.45, 2.75) is 52.1 Å². The highest BCUT2D eigenvalue weighted by Crippen LogP contribution is 2.24. The molecule has 0 aliphatic carbocycles. The van der Waals surface area contributed by atoms with Crippen molar-refractivity contribution >= 4 is 11.6 Å². The van der Waals surface area contributed by atoms with Crippen LogP contribution in [0.4, 0.5) is 5.69 Å². The molecule has 1 aliphatic heterocycles. The van der Waals surface area contributed by atoms with Gasteiger partial charge in [0, 0.05) is 18.8 Å². The fourth-order valence-corrected chi connectivity index (χ4v) is 2.87. The van der Waals surface area contributed by atoms with Gasteiger partial charge in [0.15, 0.2) is 0 Å². The second-order valence-corrected chi connectivity index (χ2v) is 6.43. The quantitative estimate of drug-likeness (QED) is 0.849. The summed E-state index contributed by atoms with van der Waals surface area (Å²) < 4.78 is 0. The Labute approximate surface area is 134 Å². The summed E-state index contributed by atoms with van der Waals surface area (Å²) in [5.74, 6) is 0.136. The van der Waals surface area contributed by atoms with E-state index in [2.05, 4.69) is 41.4 Å². The molecule has 1 saturated heterocycles. The average Bonchev–Trinajstić information content (AvgIpc) is 3.07. The normalized spacial score (nSPS) is 18.8. The molecule has 0 radical (unpaired) electrons. The van der Waals surface area contributed by atoms with E-state index in [-0.39, 0.29) is 17.9 Å². The number of carbonyl (C=O) groups excluding carboxylic acids is 1. The van der Waals surface area contributed by atoms with Crippen molar-refractivity contribution in [1.82, 2.24) is 5.32 Å². The maximum atomic E-state index is 12.2. The van der Waals surface area contributed by atoms with Crippen LogP contribution in [0.1, 0.15) is 51.6 Å². The van der Waals surface area contributed by atoms with Gasteiger partial charge in [0.2, 0.25) is 5.91 Å². The van der Waals surface area contributed by atoms with E-state index in [9.17, 15) is 4.79 Å². The van der Waals surface area contributed by atoms with Crippen LogP contribution in [-0.4, -0.2) is 25.0 Å². The molecule has 4 heteroatoms. The second kappa shape index (κ2) is 7.63. The van der Waals surface area contributed by atoms with Gasteiger partial charge in [-0.25, -0.2) is 0 Å². The highest BCUT2D eigenvalue weighted by Gasteiger charge is 2.21. The molecule has 1 aromatic rings. The lowest BCUT2D eigenvalue weighted by molar-refractivity contribution is -0.124. The maximum Gasteiger partial charge on any atom is 0.237 e. The molecule has 2 rings (SSSR count). The smallest absolute Gasteiger partial charge is 0.237 e. The van der Waals surface area contributed by atoms with Gasteiger partial charge in [-0.15, -0.1) is 0 Å². The Morgan fingerprint density at radius 3 is 2.64 bits per heavy atom. The Hall–Kier alpha value is -1.55. The Morgan fingerprint density at radius 1 is 1.32 bits per heavy atom. The predicted octanol–water partition coefficient (Wildman–Crippen LogP) is 2.84. The number of anilines is 1. The standard InChI is InChI=1S/C18H29N3O/c1-4-13(2)17(19)18(22)20-14(3)15-8-7-9-16(12-15)21-10-5-6-11-21/h7-9,12-14,17H,4-6,10-11,19H2,1-3H3,(H,20,22). The number of nitrogens with one attached hydrogen (secondary N) is 1. The van der Waals surface area contributed by atoms with Crippen molar-refractivity contribution in [3.63, 3.8) is 0 Å². The number of rotatable bonds is 6. The fraction of sp³-hybridized carbons (Fsp3) is 0.611. The number of hydrogen-bond acceptors (Lipinski definition) is 3. The Balaban J connectivity index is 2.01.